The normalized spacial score (nSPS) is 19.0. The van der Waals surface area contributed by atoms with Crippen molar-refractivity contribution in [3.05, 3.63) is 23.9 Å². The average molecular weight is 292 g/mol. The van der Waals surface area contributed by atoms with Gasteiger partial charge in [0.1, 0.15) is 5.82 Å². The number of carbonyl (C=O) groups excluding carboxylic acids is 1. The quantitative estimate of drug-likeness (QED) is 0.824. The second-order valence-corrected chi connectivity index (χ2v) is 5.18. The molecule has 2 aliphatic rings. The first-order valence-corrected chi connectivity index (χ1v) is 7.21. The Bertz CT molecular complexity index is 487. The number of urea groups is 1. The summed E-state index contributed by atoms with van der Waals surface area (Å²) in [6, 6.07) is 3.91. The third kappa shape index (κ3) is 3.83. The Hall–Kier alpha value is -1.86. The molecule has 0 bridgehead atoms. The zero-order valence-corrected chi connectivity index (χ0v) is 11.9. The fourth-order valence-electron chi connectivity index (χ4n) is 2.27. The number of hydrogen-bond donors (Lipinski definition) is 2. The number of ether oxygens (including phenoxy) is 2. The molecule has 0 atom stereocenters. The summed E-state index contributed by atoms with van der Waals surface area (Å²) >= 11 is 0. The van der Waals surface area contributed by atoms with E-state index in [1.54, 1.807) is 6.20 Å². The molecule has 0 aromatic carbocycles. The minimum atomic E-state index is -0.159. The highest BCUT2D eigenvalue weighted by molar-refractivity contribution is 5.74. The van der Waals surface area contributed by atoms with Crippen molar-refractivity contribution >= 4 is 11.8 Å². The number of morpholine rings is 1. The van der Waals surface area contributed by atoms with Crippen LogP contribution >= 0.6 is 0 Å². The van der Waals surface area contributed by atoms with Gasteiger partial charge in [0.05, 0.1) is 32.5 Å². The van der Waals surface area contributed by atoms with Gasteiger partial charge in [-0.1, -0.05) is 0 Å². The SMILES string of the molecule is O=C(NCc1ccnc(N2CCOCC2)c1)NC1COC1. The molecule has 114 valence electrons. The zero-order chi connectivity index (χ0) is 14.5. The number of hydrogen-bond acceptors (Lipinski definition) is 5. The molecule has 2 amide bonds. The molecule has 1 aromatic heterocycles. The molecule has 2 N–H and O–H groups in total. The lowest BCUT2D eigenvalue weighted by molar-refractivity contribution is -0.0000136. The monoisotopic (exact) mass is 292 g/mol. The van der Waals surface area contributed by atoms with Crippen LogP contribution in [0.1, 0.15) is 5.56 Å². The van der Waals surface area contributed by atoms with Crippen LogP contribution in [0, 0.1) is 0 Å². The van der Waals surface area contributed by atoms with Gasteiger partial charge in [-0.15, -0.1) is 0 Å². The predicted octanol–water partition coefficient (Wildman–Crippen LogP) is 0.116. The summed E-state index contributed by atoms with van der Waals surface area (Å²) in [5, 5.41) is 5.70. The summed E-state index contributed by atoms with van der Waals surface area (Å²) in [7, 11) is 0. The summed E-state index contributed by atoms with van der Waals surface area (Å²) in [5.41, 5.74) is 1.03. The Kier molecular flexibility index (Phi) is 4.52. The molecule has 3 rings (SSSR count). The van der Waals surface area contributed by atoms with E-state index < -0.39 is 0 Å². The lowest BCUT2D eigenvalue weighted by Gasteiger charge is -2.28. The van der Waals surface area contributed by atoms with E-state index in [-0.39, 0.29) is 12.1 Å². The maximum absolute atomic E-state index is 11.7. The lowest BCUT2D eigenvalue weighted by atomic mass is 10.2. The van der Waals surface area contributed by atoms with Gasteiger partial charge < -0.3 is 25.0 Å². The van der Waals surface area contributed by atoms with Crippen molar-refractivity contribution in [2.75, 3.05) is 44.4 Å². The molecule has 0 radical (unpaired) electrons. The van der Waals surface area contributed by atoms with Gasteiger partial charge in [0.15, 0.2) is 0 Å². The van der Waals surface area contributed by atoms with Crippen molar-refractivity contribution in [3.63, 3.8) is 0 Å². The maximum atomic E-state index is 11.7. The Morgan fingerprint density at radius 2 is 2.14 bits per heavy atom. The van der Waals surface area contributed by atoms with E-state index in [4.69, 9.17) is 9.47 Å². The van der Waals surface area contributed by atoms with E-state index in [1.165, 1.54) is 0 Å². The second kappa shape index (κ2) is 6.73. The number of anilines is 1. The van der Waals surface area contributed by atoms with Gasteiger partial charge in [-0.25, -0.2) is 9.78 Å². The number of aromatic nitrogens is 1. The standard InChI is InChI=1S/C14H20N4O3/c19-14(17-12-9-21-10-12)16-8-11-1-2-15-13(7-11)18-3-5-20-6-4-18/h1-2,7,12H,3-6,8-10H2,(H2,16,17,19). The van der Waals surface area contributed by atoms with Crippen LogP contribution in [0.2, 0.25) is 0 Å². The first-order chi connectivity index (χ1) is 10.3. The Balaban J connectivity index is 1.51. The Morgan fingerprint density at radius 1 is 1.33 bits per heavy atom. The lowest BCUT2D eigenvalue weighted by Crippen LogP contribution is -2.51. The highest BCUT2D eigenvalue weighted by Gasteiger charge is 2.20. The molecule has 1 aromatic rings. The Labute approximate surface area is 123 Å². The fraction of sp³-hybridized carbons (Fsp3) is 0.571. The first-order valence-electron chi connectivity index (χ1n) is 7.21. The number of rotatable bonds is 4. The van der Waals surface area contributed by atoms with Crippen LogP contribution < -0.4 is 15.5 Å². The molecule has 0 aliphatic carbocycles. The topological polar surface area (TPSA) is 75.7 Å². The van der Waals surface area contributed by atoms with Crippen molar-refractivity contribution in [1.29, 1.82) is 0 Å². The summed E-state index contributed by atoms with van der Waals surface area (Å²) < 4.78 is 10.4. The van der Waals surface area contributed by atoms with Gasteiger partial charge in [0.2, 0.25) is 0 Å². The summed E-state index contributed by atoms with van der Waals surface area (Å²) in [4.78, 5) is 18.3. The molecule has 7 nitrogen and oxygen atoms in total. The predicted molar refractivity (Wildman–Crippen MR) is 77.2 cm³/mol. The van der Waals surface area contributed by atoms with Crippen LogP contribution in [0.5, 0.6) is 0 Å². The van der Waals surface area contributed by atoms with Gasteiger partial charge in [0.25, 0.3) is 0 Å². The molecule has 0 unspecified atom stereocenters. The first kappa shape index (κ1) is 14.1. The van der Waals surface area contributed by atoms with Crippen LogP contribution in [0.15, 0.2) is 18.3 Å². The van der Waals surface area contributed by atoms with Crippen LogP contribution in [-0.2, 0) is 16.0 Å². The highest BCUT2D eigenvalue weighted by atomic mass is 16.5. The molecule has 7 heteroatoms. The van der Waals surface area contributed by atoms with E-state index >= 15 is 0 Å². The molecular formula is C14H20N4O3. The van der Waals surface area contributed by atoms with Crippen molar-refractivity contribution in [2.45, 2.75) is 12.6 Å². The van der Waals surface area contributed by atoms with E-state index in [2.05, 4.69) is 20.5 Å². The van der Waals surface area contributed by atoms with Crippen LogP contribution in [0.3, 0.4) is 0 Å². The zero-order valence-electron chi connectivity index (χ0n) is 11.9. The average Bonchev–Trinajstić information content (AvgIpc) is 2.50. The Morgan fingerprint density at radius 3 is 2.86 bits per heavy atom. The number of amides is 2. The van der Waals surface area contributed by atoms with E-state index in [0.29, 0.717) is 19.8 Å². The smallest absolute Gasteiger partial charge is 0.315 e. The van der Waals surface area contributed by atoms with Gasteiger partial charge in [-0.2, -0.15) is 0 Å². The number of nitrogens with zero attached hydrogens (tertiary/aromatic N) is 2. The fourth-order valence-corrected chi connectivity index (χ4v) is 2.27. The molecule has 2 fully saturated rings. The minimum Gasteiger partial charge on any atom is -0.378 e. The van der Waals surface area contributed by atoms with Crippen LogP contribution in [-0.4, -0.2) is 56.6 Å². The molecule has 2 aliphatic heterocycles. The van der Waals surface area contributed by atoms with Crippen molar-refractivity contribution < 1.29 is 14.3 Å². The summed E-state index contributed by atoms with van der Waals surface area (Å²) in [6.45, 7) is 4.86. The molecule has 21 heavy (non-hydrogen) atoms. The summed E-state index contributed by atoms with van der Waals surface area (Å²) in [5.74, 6) is 0.936. The number of nitrogens with one attached hydrogen (secondary N) is 2. The molecule has 3 heterocycles. The van der Waals surface area contributed by atoms with Gasteiger partial charge in [-0.3, -0.25) is 0 Å². The third-order valence-electron chi connectivity index (χ3n) is 3.57. The van der Waals surface area contributed by atoms with E-state index in [1.807, 2.05) is 12.1 Å². The number of carbonyl (C=O) groups is 1. The second-order valence-electron chi connectivity index (χ2n) is 5.18. The number of pyridine rings is 1. The van der Waals surface area contributed by atoms with Gasteiger partial charge in [0, 0.05) is 25.8 Å². The van der Waals surface area contributed by atoms with Crippen molar-refractivity contribution in [1.82, 2.24) is 15.6 Å². The van der Waals surface area contributed by atoms with Crippen molar-refractivity contribution in [2.24, 2.45) is 0 Å². The molecule has 0 saturated carbocycles. The van der Waals surface area contributed by atoms with Crippen LogP contribution in [0.4, 0.5) is 10.6 Å². The molecular weight excluding hydrogens is 272 g/mol. The van der Waals surface area contributed by atoms with Crippen LogP contribution in [0.25, 0.3) is 0 Å². The molecule has 2 saturated heterocycles. The molecule has 0 spiro atoms. The summed E-state index contributed by atoms with van der Waals surface area (Å²) in [6.07, 6.45) is 1.78. The maximum Gasteiger partial charge on any atom is 0.315 e. The van der Waals surface area contributed by atoms with Gasteiger partial charge in [-0.05, 0) is 17.7 Å². The third-order valence-corrected chi connectivity index (χ3v) is 3.57. The van der Waals surface area contributed by atoms with E-state index in [0.717, 1.165) is 37.7 Å². The van der Waals surface area contributed by atoms with E-state index in [9.17, 15) is 4.79 Å². The van der Waals surface area contributed by atoms with Crippen molar-refractivity contribution in [3.8, 4) is 0 Å². The highest BCUT2D eigenvalue weighted by Crippen LogP contribution is 2.14. The van der Waals surface area contributed by atoms with Gasteiger partial charge >= 0.3 is 6.03 Å². The largest absolute Gasteiger partial charge is 0.378 e. The minimum absolute atomic E-state index is 0.145.